The molecule has 0 spiro atoms. The molecule has 0 saturated heterocycles. The van der Waals surface area contributed by atoms with E-state index in [4.69, 9.17) is 0 Å². The third-order valence-electron chi connectivity index (χ3n) is 10.5. The molecule has 9 aromatic carbocycles. The molecule has 0 nitrogen and oxygen atoms in total. The minimum atomic E-state index is 0.0397. The van der Waals surface area contributed by atoms with Crippen LogP contribution in [0.1, 0.15) is 22.6 Å². The van der Waals surface area contributed by atoms with Crippen LogP contribution in [-0.4, -0.2) is 0 Å². The molecule has 0 fully saturated rings. The van der Waals surface area contributed by atoms with Gasteiger partial charge in [-0.3, -0.25) is 0 Å². The van der Waals surface area contributed by atoms with Crippen LogP contribution in [0.5, 0.6) is 0 Å². The van der Waals surface area contributed by atoms with Gasteiger partial charge in [-0.1, -0.05) is 200 Å². The second kappa shape index (κ2) is 15.5. The quantitative estimate of drug-likeness (QED) is 0.132. The summed E-state index contributed by atoms with van der Waals surface area (Å²) in [6.45, 7) is 0. The maximum absolute atomic E-state index is 2.40. The molecule has 0 aromatic heterocycles. The summed E-state index contributed by atoms with van der Waals surface area (Å²) in [4.78, 5) is 0. The van der Waals surface area contributed by atoms with E-state index >= 15 is 0 Å². The molecule has 9 aromatic rings. The van der Waals surface area contributed by atoms with Crippen LogP contribution in [0.3, 0.4) is 0 Å². The maximum atomic E-state index is 2.40. The fourth-order valence-corrected chi connectivity index (χ4v) is 7.80. The zero-order valence-electron chi connectivity index (χ0n) is 30.6. The minimum absolute atomic E-state index is 0.0397. The monoisotopic (exact) mass is 700 g/mol. The second-order valence-corrected chi connectivity index (χ2v) is 14.2. The molecule has 0 aliphatic rings. The van der Waals surface area contributed by atoms with Crippen LogP contribution in [-0.2, 0) is 0 Å². The Hall–Kier alpha value is -7.02. The van der Waals surface area contributed by atoms with Crippen molar-refractivity contribution in [2.24, 2.45) is 0 Å². The minimum Gasteiger partial charge on any atom is -0.0622 e. The van der Waals surface area contributed by atoms with Crippen LogP contribution in [0.25, 0.3) is 66.8 Å². The molecule has 0 bridgehead atoms. The highest BCUT2D eigenvalue weighted by Crippen LogP contribution is 2.39. The Kier molecular flexibility index (Phi) is 9.54. The third-order valence-corrected chi connectivity index (χ3v) is 10.5. The van der Waals surface area contributed by atoms with Gasteiger partial charge in [0.1, 0.15) is 0 Å². The lowest BCUT2D eigenvalue weighted by atomic mass is 9.82. The molecule has 0 heterocycles. The zero-order valence-corrected chi connectivity index (χ0v) is 30.6. The van der Waals surface area contributed by atoms with Crippen molar-refractivity contribution < 1.29 is 0 Å². The smallest absolute Gasteiger partial charge is 0.0340 e. The Morgan fingerprint density at radius 1 is 0.164 bits per heavy atom. The first kappa shape index (κ1) is 33.8. The van der Waals surface area contributed by atoms with Gasteiger partial charge in [-0.2, -0.15) is 0 Å². The van der Waals surface area contributed by atoms with E-state index in [-0.39, 0.29) is 5.92 Å². The SMILES string of the molecule is c1ccc(-c2cc(-c3ccccc3)cc(-c3cccc(C(c4ccccc4)c4cccc(-c5cc(-c6ccccc6)cc(-c6ccccc6)c5)c4)c3)c2)cc1. The second-order valence-electron chi connectivity index (χ2n) is 14.2. The summed E-state index contributed by atoms with van der Waals surface area (Å²) in [7, 11) is 0. The summed E-state index contributed by atoms with van der Waals surface area (Å²) in [5.74, 6) is 0.0397. The zero-order chi connectivity index (χ0) is 36.8. The van der Waals surface area contributed by atoms with Crippen molar-refractivity contribution in [3.63, 3.8) is 0 Å². The highest BCUT2D eigenvalue weighted by molar-refractivity contribution is 5.83. The van der Waals surface area contributed by atoms with E-state index in [9.17, 15) is 0 Å². The molecule has 0 unspecified atom stereocenters. The van der Waals surface area contributed by atoms with Crippen molar-refractivity contribution >= 4 is 0 Å². The first-order valence-corrected chi connectivity index (χ1v) is 19.0. The fourth-order valence-electron chi connectivity index (χ4n) is 7.80. The van der Waals surface area contributed by atoms with Gasteiger partial charge in [0.05, 0.1) is 0 Å². The van der Waals surface area contributed by atoms with E-state index in [1.807, 2.05) is 0 Å². The Balaban J connectivity index is 1.16. The number of benzene rings is 9. The molecule has 0 saturated carbocycles. The normalized spacial score (nSPS) is 11.1. The summed E-state index contributed by atoms with van der Waals surface area (Å²) in [5.41, 5.74) is 18.3. The standard InChI is InChI=1S/C55H40/c1-6-18-40(19-7-1)49-34-50(41-20-8-2-9-21-41)37-53(36-49)45-28-16-30-47(32-45)55(44-26-14-5-15-27-44)48-31-17-29-46(33-48)54-38-51(42-22-10-3-11-23-42)35-52(39-54)43-24-12-4-13-25-43/h1-39,55H. The molecule has 0 aliphatic carbocycles. The largest absolute Gasteiger partial charge is 0.0622 e. The van der Waals surface area contributed by atoms with Crippen LogP contribution < -0.4 is 0 Å². The highest BCUT2D eigenvalue weighted by atomic mass is 14.2. The predicted octanol–water partition coefficient (Wildman–Crippen LogP) is 14.9. The summed E-state index contributed by atoms with van der Waals surface area (Å²) < 4.78 is 0. The number of hydrogen-bond acceptors (Lipinski definition) is 0. The van der Waals surface area contributed by atoms with Crippen LogP contribution in [0.2, 0.25) is 0 Å². The van der Waals surface area contributed by atoms with E-state index in [1.165, 1.54) is 83.5 Å². The van der Waals surface area contributed by atoms with E-state index in [0.29, 0.717) is 0 Å². The average molecular weight is 701 g/mol. The van der Waals surface area contributed by atoms with Gasteiger partial charge in [-0.05, 0) is 120 Å². The Morgan fingerprint density at radius 2 is 0.400 bits per heavy atom. The molecule has 0 N–H and O–H groups in total. The van der Waals surface area contributed by atoms with Crippen molar-refractivity contribution in [3.05, 3.63) is 253 Å². The Bertz CT molecular complexity index is 2380. The molecule has 0 heteroatoms. The van der Waals surface area contributed by atoms with Gasteiger partial charge < -0.3 is 0 Å². The molecule has 0 atom stereocenters. The van der Waals surface area contributed by atoms with Gasteiger partial charge in [0.2, 0.25) is 0 Å². The summed E-state index contributed by atoms with van der Waals surface area (Å²) in [6, 6.07) is 86.0. The van der Waals surface area contributed by atoms with Crippen LogP contribution in [0.15, 0.2) is 237 Å². The Morgan fingerprint density at radius 3 is 0.709 bits per heavy atom. The molecular weight excluding hydrogens is 661 g/mol. The van der Waals surface area contributed by atoms with Crippen molar-refractivity contribution in [1.29, 1.82) is 0 Å². The van der Waals surface area contributed by atoms with E-state index in [0.717, 1.165) is 0 Å². The third kappa shape index (κ3) is 7.45. The van der Waals surface area contributed by atoms with Crippen molar-refractivity contribution in [2.75, 3.05) is 0 Å². The van der Waals surface area contributed by atoms with Crippen LogP contribution >= 0.6 is 0 Å². The first-order chi connectivity index (χ1) is 27.2. The highest BCUT2D eigenvalue weighted by Gasteiger charge is 2.19. The summed E-state index contributed by atoms with van der Waals surface area (Å²) >= 11 is 0. The van der Waals surface area contributed by atoms with Crippen LogP contribution in [0.4, 0.5) is 0 Å². The van der Waals surface area contributed by atoms with Crippen molar-refractivity contribution in [2.45, 2.75) is 5.92 Å². The van der Waals surface area contributed by atoms with Gasteiger partial charge in [0.25, 0.3) is 0 Å². The van der Waals surface area contributed by atoms with Gasteiger partial charge in [0, 0.05) is 5.92 Å². The summed E-state index contributed by atoms with van der Waals surface area (Å²) in [6.07, 6.45) is 0. The average Bonchev–Trinajstić information content (AvgIpc) is 3.28. The summed E-state index contributed by atoms with van der Waals surface area (Å²) in [5, 5.41) is 0. The first-order valence-electron chi connectivity index (χ1n) is 19.0. The van der Waals surface area contributed by atoms with Gasteiger partial charge >= 0.3 is 0 Å². The Labute approximate surface area is 324 Å². The lowest BCUT2D eigenvalue weighted by molar-refractivity contribution is 0.978. The molecule has 9 rings (SSSR count). The van der Waals surface area contributed by atoms with Gasteiger partial charge in [-0.15, -0.1) is 0 Å². The maximum Gasteiger partial charge on any atom is 0.0340 e. The molecule has 55 heavy (non-hydrogen) atoms. The molecule has 0 amide bonds. The van der Waals surface area contributed by atoms with Crippen molar-refractivity contribution in [3.8, 4) is 66.8 Å². The number of hydrogen-bond donors (Lipinski definition) is 0. The lowest BCUT2D eigenvalue weighted by Gasteiger charge is -2.21. The molecule has 260 valence electrons. The lowest BCUT2D eigenvalue weighted by Crippen LogP contribution is -2.04. The van der Waals surface area contributed by atoms with Crippen molar-refractivity contribution in [1.82, 2.24) is 0 Å². The molecule has 0 radical (unpaired) electrons. The van der Waals surface area contributed by atoms with E-state index in [2.05, 4.69) is 237 Å². The topological polar surface area (TPSA) is 0 Å². The predicted molar refractivity (Wildman–Crippen MR) is 233 cm³/mol. The fraction of sp³-hybridized carbons (Fsp3) is 0.0182. The van der Waals surface area contributed by atoms with E-state index in [1.54, 1.807) is 0 Å². The van der Waals surface area contributed by atoms with Crippen LogP contribution in [0, 0.1) is 0 Å². The molecule has 0 aliphatic heterocycles. The number of rotatable bonds is 9. The van der Waals surface area contributed by atoms with Gasteiger partial charge in [-0.25, -0.2) is 0 Å². The van der Waals surface area contributed by atoms with Gasteiger partial charge in [0.15, 0.2) is 0 Å². The van der Waals surface area contributed by atoms with E-state index < -0.39 is 0 Å². The molecular formula is C55H40.